The Hall–Kier alpha value is -0.890. The lowest BCUT2D eigenvalue weighted by atomic mass is 9.81. The third kappa shape index (κ3) is 4.75. The van der Waals surface area contributed by atoms with Gasteiger partial charge in [-0.3, -0.25) is 4.79 Å². The first-order valence-corrected chi connectivity index (χ1v) is 8.79. The predicted octanol–water partition coefficient (Wildman–Crippen LogP) is -3.94. The second-order valence-corrected chi connectivity index (χ2v) is 6.97. The van der Waals surface area contributed by atoms with E-state index in [1.807, 2.05) is 0 Å². The van der Waals surface area contributed by atoms with Gasteiger partial charge in [-0.15, -0.1) is 0 Å². The third-order valence-corrected chi connectivity index (χ3v) is 5.12. The minimum Gasteiger partial charge on any atom is -0.396 e. The molecule has 7 N–H and O–H groups in total. The van der Waals surface area contributed by atoms with Gasteiger partial charge in [0.05, 0.1) is 18.8 Å². The molecule has 0 spiro atoms. The maximum Gasteiger partial charge on any atom is 0.217 e. The molecular weight excluding hydrogens is 366 g/mol. The van der Waals surface area contributed by atoms with Gasteiger partial charge in [-0.05, 0) is 6.42 Å². The molecule has 1 saturated heterocycles. The Balaban J connectivity index is 2.19. The van der Waals surface area contributed by atoms with Gasteiger partial charge in [0.1, 0.15) is 36.6 Å². The van der Waals surface area contributed by atoms with Crippen molar-refractivity contribution >= 4 is 5.91 Å². The Bertz CT molecular complexity index is 492. The summed E-state index contributed by atoms with van der Waals surface area (Å²) in [4.78, 5) is 11.4. The number of aliphatic hydroxyl groups is 6. The fraction of sp³-hybridized carbons (Fsp3) is 0.938. The van der Waals surface area contributed by atoms with E-state index in [0.29, 0.717) is 0 Å². The summed E-state index contributed by atoms with van der Waals surface area (Å²) in [6.45, 7) is 0.284. The van der Waals surface area contributed by atoms with E-state index in [-0.39, 0.29) is 6.42 Å². The summed E-state index contributed by atoms with van der Waals surface area (Å²) in [5.41, 5.74) is 0. The van der Waals surface area contributed by atoms with Gasteiger partial charge < -0.3 is 50.2 Å². The Morgan fingerprint density at radius 3 is 2.26 bits per heavy atom. The number of hydrogen-bond donors (Lipinski definition) is 7. The van der Waals surface area contributed by atoms with Crippen molar-refractivity contribution in [3.8, 4) is 0 Å². The number of amides is 1. The highest BCUT2D eigenvalue weighted by Crippen LogP contribution is 2.32. The standard InChI is InChI=1S/C16H29NO10/c1-6(20)17-10-13(23)15(9(5-19)27-16(10)25-2)26-8-3-7(4-18)11(21)14(24)12(8)22/h7-16,18-19,21-24H,3-5H2,1-2H3,(H,17,20)/t7-,8-,9-,10-,11+,12+,13-,14+,15-,16-/m1/s1. The van der Waals surface area contributed by atoms with Gasteiger partial charge in [0.25, 0.3) is 0 Å². The highest BCUT2D eigenvalue weighted by molar-refractivity contribution is 5.73. The van der Waals surface area contributed by atoms with Gasteiger partial charge in [-0.2, -0.15) is 0 Å². The van der Waals surface area contributed by atoms with Crippen LogP contribution in [-0.4, -0.2) is 112 Å². The Kier molecular flexibility index (Phi) is 7.92. The van der Waals surface area contributed by atoms with Gasteiger partial charge >= 0.3 is 0 Å². The number of carbonyl (C=O) groups excluding carboxylic acids is 1. The summed E-state index contributed by atoms with van der Waals surface area (Å²) >= 11 is 0. The number of nitrogens with one attached hydrogen (secondary N) is 1. The van der Waals surface area contributed by atoms with Crippen LogP contribution in [0, 0.1) is 5.92 Å². The highest BCUT2D eigenvalue weighted by Gasteiger charge is 2.50. The second-order valence-electron chi connectivity index (χ2n) is 6.97. The van der Waals surface area contributed by atoms with Gasteiger partial charge in [-0.25, -0.2) is 0 Å². The van der Waals surface area contributed by atoms with Crippen LogP contribution in [0.2, 0.25) is 0 Å². The molecule has 1 aliphatic heterocycles. The Labute approximate surface area is 156 Å². The average Bonchev–Trinajstić information content (AvgIpc) is 2.64. The maximum absolute atomic E-state index is 11.4. The molecule has 27 heavy (non-hydrogen) atoms. The molecule has 0 aromatic rings. The zero-order valence-electron chi connectivity index (χ0n) is 15.2. The first kappa shape index (κ1) is 22.4. The third-order valence-electron chi connectivity index (χ3n) is 5.12. The Morgan fingerprint density at radius 1 is 1.07 bits per heavy atom. The SMILES string of the molecule is CO[C@@H]1O[C@H](CO)[C@@H](O[C@@H]2C[C@H](CO)[C@H](O)[C@H](O)[C@H]2O)[C@H](O)[C@H]1NC(C)=O. The molecule has 11 nitrogen and oxygen atoms in total. The van der Waals surface area contributed by atoms with Crippen molar-refractivity contribution in [2.75, 3.05) is 20.3 Å². The Morgan fingerprint density at radius 2 is 1.74 bits per heavy atom. The number of rotatable bonds is 6. The zero-order chi connectivity index (χ0) is 20.3. The van der Waals surface area contributed by atoms with E-state index in [1.165, 1.54) is 14.0 Å². The summed E-state index contributed by atoms with van der Waals surface area (Å²) in [6.07, 6.45) is -9.97. The summed E-state index contributed by atoms with van der Waals surface area (Å²) in [7, 11) is 1.32. The van der Waals surface area contributed by atoms with Crippen molar-refractivity contribution in [3.63, 3.8) is 0 Å². The minimum absolute atomic E-state index is 0.00969. The lowest BCUT2D eigenvalue weighted by Gasteiger charge is -2.47. The molecule has 1 aliphatic carbocycles. The summed E-state index contributed by atoms with van der Waals surface area (Å²) in [5.74, 6) is -1.18. The van der Waals surface area contributed by atoms with Crippen LogP contribution >= 0.6 is 0 Å². The summed E-state index contributed by atoms with van der Waals surface area (Å²) in [5, 5.41) is 62.2. The van der Waals surface area contributed by atoms with Crippen molar-refractivity contribution in [2.45, 2.75) is 68.4 Å². The fourth-order valence-corrected chi connectivity index (χ4v) is 3.62. The number of aliphatic hydroxyl groups excluding tert-OH is 6. The number of carbonyl (C=O) groups is 1. The maximum atomic E-state index is 11.4. The molecule has 11 heteroatoms. The van der Waals surface area contributed by atoms with Crippen LogP contribution < -0.4 is 5.32 Å². The molecule has 158 valence electrons. The van der Waals surface area contributed by atoms with Crippen LogP contribution in [0.4, 0.5) is 0 Å². The lowest BCUT2D eigenvalue weighted by molar-refractivity contribution is -0.291. The van der Waals surface area contributed by atoms with Crippen molar-refractivity contribution < 1.29 is 49.6 Å². The number of methoxy groups -OCH3 is 1. The molecule has 1 heterocycles. The number of hydrogen-bond acceptors (Lipinski definition) is 10. The monoisotopic (exact) mass is 395 g/mol. The van der Waals surface area contributed by atoms with Crippen LogP contribution in [0.15, 0.2) is 0 Å². The molecule has 0 bridgehead atoms. The van der Waals surface area contributed by atoms with E-state index in [2.05, 4.69) is 5.32 Å². The number of ether oxygens (including phenoxy) is 3. The van der Waals surface area contributed by atoms with Crippen LogP contribution in [-0.2, 0) is 19.0 Å². The van der Waals surface area contributed by atoms with Crippen LogP contribution in [0.1, 0.15) is 13.3 Å². The second kappa shape index (κ2) is 9.54. The van der Waals surface area contributed by atoms with E-state index < -0.39 is 80.1 Å². The quantitative estimate of drug-likeness (QED) is 0.235. The van der Waals surface area contributed by atoms with Crippen LogP contribution in [0.3, 0.4) is 0 Å². The van der Waals surface area contributed by atoms with E-state index in [1.54, 1.807) is 0 Å². The van der Waals surface area contributed by atoms with Gasteiger partial charge in [-0.1, -0.05) is 0 Å². The molecule has 2 fully saturated rings. The molecule has 0 aromatic heterocycles. The first-order chi connectivity index (χ1) is 12.7. The first-order valence-electron chi connectivity index (χ1n) is 8.79. The molecule has 0 aromatic carbocycles. The topological polar surface area (TPSA) is 178 Å². The van der Waals surface area contributed by atoms with Crippen molar-refractivity contribution in [3.05, 3.63) is 0 Å². The van der Waals surface area contributed by atoms with Crippen LogP contribution in [0.25, 0.3) is 0 Å². The highest BCUT2D eigenvalue weighted by atomic mass is 16.7. The predicted molar refractivity (Wildman–Crippen MR) is 88.2 cm³/mol. The molecule has 0 unspecified atom stereocenters. The normalized spacial score (nSPS) is 45.5. The fourth-order valence-electron chi connectivity index (χ4n) is 3.62. The largest absolute Gasteiger partial charge is 0.396 e. The average molecular weight is 395 g/mol. The zero-order valence-corrected chi connectivity index (χ0v) is 15.2. The summed E-state index contributed by atoms with van der Waals surface area (Å²) in [6, 6.07) is -0.995. The van der Waals surface area contributed by atoms with Gasteiger partial charge in [0.2, 0.25) is 5.91 Å². The van der Waals surface area contributed by atoms with Gasteiger partial charge in [0.15, 0.2) is 6.29 Å². The van der Waals surface area contributed by atoms with E-state index in [9.17, 15) is 35.4 Å². The minimum atomic E-state index is -1.55. The smallest absolute Gasteiger partial charge is 0.217 e. The van der Waals surface area contributed by atoms with Gasteiger partial charge in [0, 0.05) is 26.6 Å². The van der Waals surface area contributed by atoms with E-state index >= 15 is 0 Å². The van der Waals surface area contributed by atoms with Crippen molar-refractivity contribution in [2.24, 2.45) is 5.92 Å². The van der Waals surface area contributed by atoms with E-state index in [4.69, 9.17) is 14.2 Å². The molecule has 1 amide bonds. The lowest BCUT2D eigenvalue weighted by Crippen LogP contribution is -2.66. The van der Waals surface area contributed by atoms with Crippen molar-refractivity contribution in [1.29, 1.82) is 0 Å². The molecule has 0 radical (unpaired) electrons. The molecule has 1 saturated carbocycles. The van der Waals surface area contributed by atoms with Crippen molar-refractivity contribution in [1.82, 2.24) is 5.32 Å². The summed E-state index contributed by atoms with van der Waals surface area (Å²) < 4.78 is 16.4. The molecular formula is C16H29NO10. The molecule has 10 atom stereocenters. The molecule has 2 rings (SSSR count). The van der Waals surface area contributed by atoms with Crippen LogP contribution in [0.5, 0.6) is 0 Å². The molecule has 2 aliphatic rings. The van der Waals surface area contributed by atoms with E-state index in [0.717, 1.165) is 0 Å².